The van der Waals surface area contributed by atoms with Crippen LogP contribution in [-0.4, -0.2) is 16.3 Å². The Kier molecular flexibility index (Phi) is 3.52. The zero-order valence-corrected chi connectivity index (χ0v) is 10.4. The highest BCUT2D eigenvalue weighted by atomic mass is 32.2. The molecule has 2 rings (SSSR count). The van der Waals surface area contributed by atoms with Crippen LogP contribution in [0.3, 0.4) is 0 Å². The number of hydrogen-bond donors (Lipinski definition) is 0. The summed E-state index contributed by atoms with van der Waals surface area (Å²) in [5.74, 6) is -0.659. The van der Waals surface area contributed by atoms with Crippen LogP contribution in [0.4, 0.5) is 8.78 Å². The van der Waals surface area contributed by atoms with Gasteiger partial charge in [-0.2, -0.15) is 0 Å². The number of thioether (sulfide) groups is 1. The first-order valence-corrected chi connectivity index (χ1v) is 6.61. The average Bonchev–Trinajstić information content (AvgIpc) is 2.72. The highest BCUT2D eigenvalue weighted by Crippen LogP contribution is 2.39. The maximum Gasteiger partial charge on any atom is 0.159 e. The third kappa shape index (κ3) is 2.68. The largest absolute Gasteiger partial charge is 0.298 e. The van der Waals surface area contributed by atoms with E-state index in [0.29, 0.717) is 5.56 Å². The standard InChI is InChI=1S/C13H14F2OS/c1-13(5-2-6-17-13)12(16)8-9-3-4-10(14)11(15)7-9/h3-4,7H,2,5-6,8H2,1H3. The van der Waals surface area contributed by atoms with Gasteiger partial charge in [-0.15, -0.1) is 11.8 Å². The Morgan fingerprint density at radius 3 is 2.76 bits per heavy atom. The fraction of sp³-hybridized carbons (Fsp3) is 0.462. The third-order valence-electron chi connectivity index (χ3n) is 3.16. The lowest BCUT2D eigenvalue weighted by molar-refractivity contribution is -0.120. The quantitative estimate of drug-likeness (QED) is 0.825. The molecule has 0 aliphatic carbocycles. The van der Waals surface area contributed by atoms with Gasteiger partial charge in [-0.1, -0.05) is 6.07 Å². The topological polar surface area (TPSA) is 17.1 Å². The maximum absolute atomic E-state index is 13.0. The lowest BCUT2D eigenvalue weighted by Gasteiger charge is -2.20. The first-order valence-electron chi connectivity index (χ1n) is 5.62. The van der Waals surface area contributed by atoms with Gasteiger partial charge in [0, 0.05) is 6.42 Å². The van der Waals surface area contributed by atoms with Crippen LogP contribution in [0, 0.1) is 11.6 Å². The molecule has 4 heteroatoms. The van der Waals surface area contributed by atoms with Gasteiger partial charge in [-0.25, -0.2) is 8.78 Å². The molecule has 1 fully saturated rings. The molecule has 17 heavy (non-hydrogen) atoms. The van der Waals surface area contributed by atoms with Crippen molar-refractivity contribution in [3.63, 3.8) is 0 Å². The summed E-state index contributed by atoms with van der Waals surface area (Å²) >= 11 is 1.66. The minimum atomic E-state index is -0.889. The normalized spacial score (nSPS) is 23.9. The van der Waals surface area contributed by atoms with Crippen molar-refractivity contribution in [2.75, 3.05) is 5.75 Å². The molecule has 0 radical (unpaired) electrons. The van der Waals surface area contributed by atoms with E-state index < -0.39 is 11.6 Å². The fourth-order valence-corrected chi connectivity index (χ4v) is 3.28. The molecule has 1 aliphatic rings. The minimum Gasteiger partial charge on any atom is -0.298 e. The molecule has 92 valence electrons. The van der Waals surface area contributed by atoms with E-state index in [-0.39, 0.29) is 17.0 Å². The van der Waals surface area contributed by atoms with Gasteiger partial charge in [0.2, 0.25) is 0 Å². The van der Waals surface area contributed by atoms with E-state index in [9.17, 15) is 13.6 Å². The van der Waals surface area contributed by atoms with Gasteiger partial charge in [0.05, 0.1) is 4.75 Å². The molecule has 1 saturated heterocycles. The summed E-state index contributed by atoms with van der Waals surface area (Å²) in [7, 11) is 0. The Morgan fingerprint density at radius 2 is 2.18 bits per heavy atom. The van der Waals surface area contributed by atoms with Crippen LogP contribution in [-0.2, 0) is 11.2 Å². The lowest BCUT2D eigenvalue weighted by Crippen LogP contribution is -2.30. The van der Waals surface area contributed by atoms with Crippen molar-refractivity contribution in [2.24, 2.45) is 0 Å². The molecular formula is C13H14F2OS. The number of carbonyl (C=O) groups is 1. The van der Waals surface area contributed by atoms with E-state index in [4.69, 9.17) is 0 Å². The average molecular weight is 256 g/mol. The molecule has 1 aromatic carbocycles. The molecule has 0 N–H and O–H groups in total. The maximum atomic E-state index is 13.0. The predicted octanol–water partition coefficient (Wildman–Crippen LogP) is 3.36. The summed E-state index contributed by atoms with van der Waals surface area (Å²) in [5, 5.41) is 0. The Bertz CT molecular complexity index is 439. The summed E-state index contributed by atoms with van der Waals surface area (Å²) in [4.78, 5) is 12.1. The van der Waals surface area contributed by atoms with Gasteiger partial charge >= 0.3 is 0 Å². The van der Waals surface area contributed by atoms with Crippen molar-refractivity contribution in [1.82, 2.24) is 0 Å². The summed E-state index contributed by atoms with van der Waals surface area (Å²) in [5.41, 5.74) is 0.544. The van der Waals surface area contributed by atoms with Crippen LogP contribution in [0.5, 0.6) is 0 Å². The first kappa shape index (κ1) is 12.6. The Morgan fingerprint density at radius 1 is 1.41 bits per heavy atom. The van der Waals surface area contributed by atoms with Crippen molar-refractivity contribution in [3.8, 4) is 0 Å². The molecule has 0 amide bonds. The molecule has 1 atom stereocenters. The number of hydrogen-bond acceptors (Lipinski definition) is 2. The second-order valence-corrected chi connectivity index (χ2v) is 6.13. The van der Waals surface area contributed by atoms with E-state index in [1.807, 2.05) is 6.92 Å². The van der Waals surface area contributed by atoms with Gasteiger partial charge in [0.25, 0.3) is 0 Å². The van der Waals surface area contributed by atoms with Gasteiger partial charge in [0.15, 0.2) is 17.4 Å². The van der Waals surface area contributed by atoms with Crippen LogP contribution in [0.2, 0.25) is 0 Å². The zero-order valence-electron chi connectivity index (χ0n) is 9.63. The molecule has 1 unspecified atom stereocenters. The molecule has 1 aliphatic heterocycles. The Labute approximate surface area is 104 Å². The summed E-state index contributed by atoms with van der Waals surface area (Å²) in [6.07, 6.45) is 2.10. The van der Waals surface area contributed by atoms with Gasteiger partial charge < -0.3 is 0 Å². The van der Waals surface area contributed by atoms with E-state index in [0.717, 1.165) is 30.7 Å². The van der Waals surface area contributed by atoms with Gasteiger partial charge in [-0.3, -0.25) is 4.79 Å². The van der Waals surface area contributed by atoms with Crippen LogP contribution >= 0.6 is 11.8 Å². The van der Waals surface area contributed by atoms with Gasteiger partial charge in [0.1, 0.15) is 0 Å². The second kappa shape index (κ2) is 4.77. The van der Waals surface area contributed by atoms with Gasteiger partial charge in [-0.05, 0) is 43.2 Å². The van der Waals surface area contributed by atoms with E-state index in [1.54, 1.807) is 11.8 Å². The number of carbonyl (C=O) groups excluding carboxylic acids is 1. The van der Waals surface area contributed by atoms with Crippen LogP contribution < -0.4 is 0 Å². The summed E-state index contributed by atoms with van der Waals surface area (Å²) in [6.45, 7) is 1.94. The molecule has 0 saturated carbocycles. The molecule has 1 nitrogen and oxygen atoms in total. The van der Waals surface area contributed by atoms with Crippen molar-refractivity contribution >= 4 is 17.5 Å². The van der Waals surface area contributed by atoms with Crippen molar-refractivity contribution in [1.29, 1.82) is 0 Å². The zero-order chi connectivity index (χ0) is 12.5. The summed E-state index contributed by atoms with van der Waals surface area (Å²) in [6, 6.07) is 3.65. The smallest absolute Gasteiger partial charge is 0.159 e. The Balaban J connectivity index is 2.10. The molecule has 0 bridgehead atoms. The number of halogens is 2. The summed E-state index contributed by atoms with van der Waals surface area (Å²) < 4.78 is 25.4. The molecule has 0 aromatic heterocycles. The Hall–Kier alpha value is -0.900. The molecular weight excluding hydrogens is 242 g/mol. The lowest BCUT2D eigenvalue weighted by atomic mass is 9.95. The number of Topliss-reactive ketones (excluding diaryl/α,β-unsaturated/α-hetero) is 1. The van der Waals surface area contributed by atoms with Crippen LogP contribution in [0.1, 0.15) is 25.3 Å². The number of benzene rings is 1. The molecule has 0 spiro atoms. The highest BCUT2D eigenvalue weighted by Gasteiger charge is 2.36. The molecule has 1 heterocycles. The second-order valence-electron chi connectivity index (χ2n) is 4.53. The fourth-order valence-electron chi connectivity index (χ4n) is 2.02. The van der Waals surface area contributed by atoms with E-state index in [2.05, 4.69) is 0 Å². The number of ketones is 1. The van der Waals surface area contributed by atoms with E-state index in [1.165, 1.54) is 6.07 Å². The monoisotopic (exact) mass is 256 g/mol. The van der Waals surface area contributed by atoms with Crippen molar-refractivity contribution in [2.45, 2.75) is 30.9 Å². The van der Waals surface area contributed by atoms with Crippen molar-refractivity contribution in [3.05, 3.63) is 35.4 Å². The van der Waals surface area contributed by atoms with Crippen LogP contribution in [0.25, 0.3) is 0 Å². The third-order valence-corrected chi connectivity index (χ3v) is 4.72. The molecule has 1 aromatic rings. The highest BCUT2D eigenvalue weighted by molar-refractivity contribution is 8.01. The predicted molar refractivity (Wildman–Crippen MR) is 65.2 cm³/mol. The number of rotatable bonds is 3. The van der Waals surface area contributed by atoms with Crippen molar-refractivity contribution < 1.29 is 13.6 Å². The first-order chi connectivity index (χ1) is 8.01. The van der Waals surface area contributed by atoms with E-state index >= 15 is 0 Å². The SMILES string of the molecule is CC1(C(=O)Cc2ccc(F)c(F)c2)CCCS1. The van der Waals surface area contributed by atoms with Crippen LogP contribution in [0.15, 0.2) is 18.2 Å². The minimum absolute atomic E-state index is 0.103.